The van der Waals surface area contributed by atoms with Crippen LogP contribution >= 0.6 is 0 Å². The first-order valence-electron chi connectivity index (χ1n) is 9.25. The molecule has 0 saturated heterocycles. The van der Waals surface area contributed by atoms with Gasteiger partial charge in [0.2, 0.25) is 0 Å². The third-order valence-electron chi connectivity index (χ3n) is 2.93. The highest BCUT2D eigenvalue weighted by molar-refractivity contribution is 6.53. The fourth-order valence-electron chi connectivity index (χ4n) is 1.66. The standard InChI is InChI=1S/C12H28O4Si.C4H12O4Si/c1-5-9-13-17(14-10-6-2,15-11-7-3)16-12-8-4;1-5-9(6-2,7-3)8-4/h5-12H2,1-4H3;1-4H3. The van der Waals surface area contributed by atoms with Crippen LogP contribution < -0.4 is 0 Å². The van der Waals surface area contributed by atoms with Gasteiger partial charge in [0, 0.05) is 54.9 Å². The highest BCUT2D eigenvalue weighted by Crippen LogP contribution is 2.14. The minimum Gasteiger partial charge on any atom is -0.355 e. The Balaban J connectivity index is 0. The monoisotopic (exact) mass is 416 g/mol. The fourth-order valence-corrected chi connectivity index (χ4v) is 4.97. The van der Waals surface area contributed by atoms with Gasteiger partial charge in [-0.3, -0.25) is 0 Å². The molecule has 0 aromatic carbocycles. The van der Waals surface area contributed by atoms with Crippen LogP contribution in [0, 0.1) is 0 Å². The Morgan fingerprint density at radius 2 is 0.654 bits per heavy atom. The van der Waals surface area contributed by atoms with E-state index in [0.717, 1.165) is 25.7 Å². The van der Waals surface area contributed by atoms with E-state index in [9.17, 15) is 0 Å². The van der Waals surface area contributed by atoms with Crippen molar-refractivity contribution in [2.75, 3.05) is 54.9 Å². The van der Waals surface area contributed by atoms with Crippen molar-refractivity contribution in [1.82, 2.24) is 0 Å². The fraction of sp³-hybridized carbons (Fsp3) is 1.00. The van der Waals surface area contributed by atoms with Crippen LogP contribution in [0.15, 0.2) is 0 Å². The maximum atomic E-state index is 5.76. The molecule has 0 atom stereocenters. The van der Waals surface area contributed by atoms with Gasteiger partial charge in [-0.1, -0.05) is 27.7 Å². The Labute approximate surface area is 162 Å². The molecule has 0 bridgehead atoms. The van der Waals surface area contributed by atoms with Crippen LogP contribution in [0.4, 0.5) is 0 Å². The maximum Gasteiger partial charge on any atom is 0.679 e. The maximum absolute atomic E-state index is 5.76. The van der Waals surface area contributed by atoms with Crippen molar-refractivity contribution in [3.05, 3.63) is 0 Å². The Morgan fingerprint density at radius 3 is 0.769 bits per heavy atom. The van der Waals surface area contributed by atoms with Gasteiger partial charge in [-0.2, -0.15) is 0 Å². The van der Waals surface area contributed by atoms with Crippen molar-refractivity contribution < 1.29 is 35.4 Å². The van der Waals surface area contributed by atoms with Gasteiger partial charge in [0.25, 0.3) is 0 Å². The Kier molecular flexibility index (Phi) is 20.1. The van der Waals surface area contributed by atoms with Gasteiger partial charge in [-0.05, 0) is 25.7 Å². The second kappa shape index (κ2) is 18.5. The highest BCUT2D eigenvalue weighted by atomic mass is 28.4. The van der Waals surface area contributed by atoms with Crippen molar-refractivity contribution in [3.63, 3.8) is 0 Å². The molecule has 0 heterocycles. The lowest BCUT2D eigenvalue weighted by Crippen LogP contribution is -2.50. The Morgan fingerprint density at radius 1 is 0.423 bits per heavy atom. The van der Waals surface area contributed by atoms with E-state index in [2.05, 4.69) is 27.7 Å². The number of hydrogen-bond acceptors (Lipinski definition) is 8. The van der Waals surface area contributed by atoms with Gasteiger partial charge in [-0.25, -0.2) is 0 Å². The molecule has 0 aliphatic carbocycles. The molecule has 0 unspecified atom stereocenters. The van der Waals surface area contributed by atoms with Gasteiger partial charge in [0.15, 0.2) is 0 Å². The Hall–Kier alpha value is 0.114. The van der Waals surface area contributed by atoms with Crippen molar-refractivity contribution in [3.8, 4) is 0 Å². The van der Waals surface area contributed by atoms with Crippen molar-refractivity contribution in [1.29, 1.82) is 0 Å². The lowest BCUT2D eigenvalue weighted by atomic mass is 10.5. The highest BCUT2D eigenvalue weighted by Gasteiger charge is 2.45. The zero-order valence-electron chi connectivity index (χ0n) is 17.9. The molecule has 10 heteroatoms. The summed E-state index contributed by atoms with van der Waals surface area (Å²) < 4.78 is 42.5. The molecule has 0 amide bonds. The van der Waals surface area contributed by atoms with Crippen molar-refractivity contribution in [2.45, 2.75) is 53.4 Å². The number of hydrogen-bond donors (Lipinski definition) is 0. The SMILES string of the molecule is CCCO[Si](OCCC)(OCCC)OCCC.CO[Si](OC)(OC)OC. The third-order valence-corrected chi connectivity index (χ3v) is 7.16. The van der Waals surface area contributed by atoms with Crippen LogP contribution in [-0.4, -0.2) is 73.0 Å². The van der Waals surface area contributed by atoms with Crippen LogP contribution in [-0.2, 0) is 35.4 Å². The zero-order chi connectivity index (χ0) is 20.3. The summed E-state index contributed by atoms with van der Waals surface area (Å²) in [6.07, 6.45) is 3.76. The first-order chi connectivity index (χ1) is 12.5. The summed E-state index contributed by atoms with van der Waals surface area (Å²) in [5.41, 5.74) is 0. The molecule has 0 aliphatic rings. The molecule has 26 heavy (non-hydrogen) atoms. The van der Waals surface area contributed by atoms with E-state index in [0.29, 0.717) is 26.4 Å². The molecule has 0 aliphatic heterocycles. The van der Waals surface area contributed by atoms with Gasteiger partial charge >= 0.3 is 18.1 Å². The molecule has 0 spiro atoms. The van der Waals surface area contributed by atoms with E-state index in [-0.39, 0.29) is 0 Å². The molecule has 0 radical (unpaired) electrons. The molecule has 8 nitrogen and oxygen atoms in total. The minimum atomic E-state index is -2.88. The molecule has 0 aromatic heterocycles. The molecule has 0 N–H and O–H groups in total. The predicted octanol–water partition coefficient (Wildman–Crippen LogP) is 3.14. The molecule has 0 aromatic rings. The molecule has 0 saturated carbocycles. The summed E-state index contributed by atoms with van der Waals surface area (Å²) >= 11 is 0. The topological polar surface area (TPSA) is 73.8 Å². The van der Waals surface area contributed by atoms with E-state index in [1.54, 1.807) is 0 Å². The summed E-state index contributed by atoms with van der Waals surface area (Å²) in [6.45, 7) is 10.8. The number of rotatable bonds is 16. The molecule has 0 rings (SSSR count). The van der Waals surface area contributed by atoms with E-state index < -0.39 is 18.1 Å². The summed E-state index contributed by atoms with van der Waals surface area (Å²) in [4.78, 5) is 0. The molecule has 0 fully saturated rings. The second-order valence-electron chi connectivity index (χ2n) is 5.21. The van der Waals surface area contributed by atoms with Gasteiger partial charge in [-0.15, -0.1) is 0 Å². The third kappa shape index (κ3) is 12.5. The molecular weight excluding hydrogens is 376 g/mol. The van der Waals surface area contributed by atoms with Crippen molar-refractivity contribution >= 4 is 18.1 Å². The average molecular weight is 417 g/mol. The van der Waals surface area contributed by atoms with E-state index in [4.69, 9.17) is 35.4 Å². The first-order valence-corrected chi connectivity index (χ1v) is 12.5. The van der Waals surface area contributed by atoms with Crippen LogP contribution in [0.3, 0.4) is 0 Å². The van der Waals surface area contributed by atoms with Crippen LogP contribution in [0.1, 0.15) is 53.4 Å². The summed E-state index contributed by atoms with van der Waals surface area (Å²) in [5, 5.41) is 0. The molecule has 160 valence electrons. The van der Waals surface area contributed by atoms with E-state index in [1.807, 2.05) is 0 Å². The lowest BCUT2D eigenvalue weighted by molar-refractivity contribution is -0.0347. The predicted molar refractivity (Wildman–Crippen MR) is 105 cm³/mol. The normalized spacial score (nSPS) is 12.0. The van der Waals surface area contributed by atoms with Gasteiger partial charge < -0.3 is 35.4 Å². The van der Waals surface area contributed by atoms with Crippen molar-refractivity contribution in [2.24, 2.45) is 0 Å². The lowest BCUT2D eigenvalue weighted by Gasteiger charge is -2.27. The van der Waals surface area contributed by atoms with Gasteiger partial charge in [0.05, 0.1) is 0 Å². The second-order valence-corrected chi connectivity index (χ2v) is 10.00. The zero-order valence-corrected chi connectivity index (χ0v) is 19.9. The summed E-state index contributed by atoms with van der Waals surface area (Å²) in [7, 11) is 0.384. The largest absolute Gasteiger partial charge is 0.679 e. The van der Waals surface area contributed by atoms with Crippen LogP contribution in [0.2, 0.25) is 0 Å². The van der Waals surface area contributed by atoms with Crippen LogP contribution in [0.5, 0.6) is 0 Å². The quantitative estimate of drug-likeness (QED) is 0.355. The average Bonchev–Trinajstić information content (AvgIpc) is 2.69. The Bertz CT molecular complexity index is 238. The van der Waals surface area contributed by atoms with Gasteiger partial charge in [0.1, 0.15) is 0 Å². The summed E-state index contributed by atoms with van der Waals surface area (Å²) in [5.74, 6) is 0. The smallest absolute Gasteiger partial charge is 0.355 e. The first kappa shape index (κ1) is 28.3. The van der Waals surface area contributed by atoms with E-state index >= 15 is 0 Å². The summed E-state index contributed by atoms with van der Waals surface area (Å²) in [6, 6.07) is 0. The van der Waals surface area contributed by atoms with E-state index in [1.165, 1.54) is 28.4 Å². The van der Waals surface area contributed by atoms with Crippen LogP contribution in [0.25, 0.3) is 0 Å². The minimum absolute atomic E-state index is 0.628. The molecular formula is C16H40O8Si2.